The second-order valence-electron chi connectivity index (χ2n) is 4.56. The molecule has 0 aromatic rings. The molecule has 1 unspecified atom stereocenters. The Bertz CT molecular complexity index is 183. The molecule has 0 aliphatic carbocycles. The number of morpholine rings is 1. The second-order valence-corrected chi connectivity index (χ2v) is 4.56. The van der Waals surface area contributed by atoms with Crippen LogP contribution in [0, 0.1) is 0 Å². The minimum absolute atomic E-state index is 0.269. The number of nitrogens with zero attached hydrogens (tertiary/aromatic N) is 1. The zero-order valence-corrected chi connectivity index (χ0v) is 9.58. The Hall–Kier alpha value is -0.160. The third-order valence-corrected chi connectivity index (χ3v) is 3.11. The molecule has 2 saturated heterocycles. The summed E-state index contributed by atoms with van der Waals surface area (Å²) in [7, 11) is 2.14. The van der Waals surface area contributed by atoms with E-state index in [0.29, 0.717) is 6.10 Å². The summed E-state index contributed by atoms with van der Waals surface area (Å²) in [5.74, 6) is 0. The van der Waals surface area contributed by atoms with Gasteiger partial charge in [0, 0.05) is 19.6 Å². The molecule has 88 valence electrons. The van der Waals surface area contributed by atoms with Crippen molar-refractivity contribution in [1.82, 2.24) is 10.2 Å². The maximum atomic E-state index is 5.86. The third-order valence-electron chi connectivity index (χ3n) is 3.11. The highest BCUT2D eigenvalue weighted by Gasteiger charge is 2.20. The monoisotopic (exact) mass is 214 g/mol. The van der Waals surface area contributed by atoms with Crippen LogP contribution in [0.25, 0.3) is 0 Å². The van der Waals surface area contributed by atoms with Crippen LogP contribution in [0.2, 0.25) is 0 Å². The maximum absolute atomic E-state index is 5.86. The van der Waals surface area contributed by atoms with Gasteiger partial charge in [0.25, 0.3) is 0 Å². The number of nitrogens with one attached hydrogen (secondary N) is 1. The molecular weight excluding hydrogens is 192 g/mol. The minimum Gasteiger partial charge on any atom is -0.374 e. The van der Waals surface area contributed by atoms with Crippen LogP contribution in [0.15, 0.2) is 0 Å². The van der Waals surface area contributed by atoms with Gasteiger partial charge in [0.15, 0.2) is 0 Å². The largest absolute Gasteiger partial charge is 0.374 e. The topological polar surface area (TPSA) is 33.7 Å². The molecule has 15 heavy (non-hydrogen) atoms. The maximum Gasteiger partial charge on any atom is 0.0935 e. The van der Waals surface area contributed by atoms with E-state index in [2.05, 4.69) is 17.3 Å². The van der Waals surface area contributed by atoms with Crippen molar-refractivity contribution in [2.24, 2.45) is 0 Å². The number of ether oxygens (including phenoxy) is 2. The zero-order valence-electron chi connectivity index (χ0n) is 9.58. The van der Waals surface area contributed by atoms with Crippen molar-refractivity contribution in [2.75, 3.05) is 46.4 Å². The van der Waals surface area contributed by atoms with E-state index in [0.717, 1.165) is 39.4 Å². The van der Waals surface area contributed by atoms with Crippen LogP contribution >= 0.6 is 0 Å². The molecule has 1 N–H and O–H groups in total. The quantitative estimate of drug-likeness (QED) is 0.722. The minimum atomic E-state index is 0.269. The Balaban J connectivity index is 1.63. The molecule has 2 aliphatic heterocycles. The molecule has 0 spiro atoms. The second kappa shape index (κ2) is 5.80. The van der Waals surface area contributed by atoms with Gasteiger partial charge < -0.3 is 19.7 Å². The lowest BCUT2D eigenvalue weighted by molar-refractivity contribution is -0.0831. The fourth-order valence-corrected chi connectivity index (χ4v) is 2.17. The Labute approximate surface area is 91.9 Å². The average molecular weight is 214 g/mol. The van der Waals surface area contributed by atoms with Gasteiger partial charge in [0.05, 0.1) is 25.4 Å². The van der Waals surface area contributed by atoms with E-state index in [-0.39, 0.29) is 6.10 Å². The van der Waals surface area contributed by atoms with Crippen molar-refractivity contribution >= 4 is 0 Å². The highest BCUT2D eigenvalue weighted by atomic mass is 16.5. The first-order valence-electron chi connectivity index (χ1n) is 5.97. The fraction of sp³-hybridized carbons (Fsp3) is 1.00. The van der Waals surface area contributed by atoms with E-state index in [1.54, 1.807) is 0 Å². The molecule has 0 bridgehead atoms. The summed E-state index contributed by atoms with van der Waals surface area (Å²) >= 11 is 0. The van der Waals surface area contributed by atoms with Crippen LogP contribution < -0.4 is 5.32 Å². The van der Waals surface area contributed by atoms with Crippen molar-refractivity contribution in [3.63, 3.8) is 0 Å². The number of likely N-dealkylation sites (N-methyl/N-ethyl adjacent to an activating group) is 1. The average Bonchev–Trinajstić information content (AvgIpc) is 2.28. The first-order valence-corrected chi connectivity index (χ1v) is 5.97. The molecule has 2 rings (SSSR count). The zero-order chi connectivity index (χ0) is 10.5. The standard InChI is InChI=1S/C11H22N2O2/c1-13-5-6-14-11(8-13)9-15-10-3-2-4-12-7-10/h10-12H,2-9H2,1H3/t10-,11?/m0/s1. The van der Waals surface area contributed by atoms with Crippen LogP contribution in [-0.2, 0) is 9.47 Å². The molecule has 2 aliphatic rings. The van der Waals surface area contributed by atoms with Crippen molar-refractivity contribution < 1.29 is 9.47 Å². The van der Waals surface area contributed by atoms with Gasteiger partial charge in [-0.1, -0.05) is 0 Å². The van der Waals surface area contributed by atoms with E-state index in [1.807, 2.05) is 0 Å². The first kappa shape index (κ1) is 11.3. The van der Waals surface area contributed by atoms with Gasteiger partial charge in [-0.3, -0.25) is 0 Å². The van der Waals surface area contributed by atoms with Crippen LogP contribution in [0.4, 0.5) is 0 Å². The van der Waals surface area contributed by atoms with Gasteiger partial charge in [-0.15, -0.1) is 0 Å². The summed E-state index contributed by atoms with van der Waals surface area (Å²) in [6.45, 7) is 5.77. The highest BCUT2D eigenvalue weighted by Crippen LogP contribution is 2.09. The molecule has 0 amide bonds. The third kappa shape index (κ3) is 3.72. The van der Waals surface area contributed by atoms with Crippen LogP contribution in [0.1, 0.15) is 12.8 Å². The lowest BCUT2D eigenvalue weighted by atomic mass is 10.1. The first-order chi connectivity index (χ1) is 7.34. The van der Waals surface area contributed by atoms with E-state index in [1.165, 1.54) is 12.8 Å². The summed E-state index contributed by atoms with van der Waals surface area (Å²) in [5.41, 5.74) is 0. The summed E-state index contributed by atoms with van der Waals surface area (Å²) < 4.78 is 11.5. The Morgan fingerprint density at radius 3 is 3.20 bits per heavy atom. The van der Waals surface area contributed by atoms with Gasteiger partial charge in [0.1, 0.15) is 0 Å². The van der Waals surface area contributed by atoms with Gasteiger partial charge in [-0.2, -0.15) is 0 Å². The molecule has 0 radical (unpaired) electrons. The smallest absolute Gasteiger partial charge is 0.0935 e. The summed E-state index contributed by atoms with van der Waals surface area (Å²) in [6.07, 6.45) is 3.09. The Kier molecular flexibility index (Phi) is 4.38. The Morgan fingerprint density at radius 1 is 1.53 bits per heavy atom. The normalized spacial score (nSPS) is 34.2. The predicted octanol–water partition coefficient (Wildman–Crippen LogP) is 0.0856. The summed E-state index contributed by atoms with van der Waals surface area (Å²) in [5, 5.41) is 3.36. The molecule has 2 fully saturated rings. The molecular formula is C11H22N2O2. The van der Waals surface area contributed by atoms with Crippen molar-refractivity contribution in [1.29, 1.82) is 0 Å². The highest BCUT2D eigenvalue weighted by molar-refractivity contribution is 4.72. The van der Waals surface area contributed by atoms with Gasteiger partial charge >= 0.3 is 0 Å². The van der Waals surface area contributed by atoms with Gasteiger partial charge in [-0.05, 0) is 26.4 Å². The van der Waals surface area contributed by atoms with E-state index in [4.69, 9.17) is 9.47 Å². The van der Waals surface area contributed by atoms with Gasteiger partial charge in [-0.25, -0.2) is 0 Å². The van der Waals surface area contributed by atoms with Gasteiger partial charge in [0.2, 0.25) is 0 Å². The fourth-order valence-electron chi connectivity index (χ4n) is 2.17. The molecule has 4 nitrogen and oxygen atoms in total. The number of piperidine rings is 1. The number of hydrogen-bond acceptors (Lipinski definition) is 4. The molecule has 4 heteroatoms. The van der Waals surface area contributed by atoms with Crippen LogP contribution in [0.5, 0.6) is 0 Å². The van der Waals surface area contributed by atoms with Crippen LogP contribution in [-0.4, -0.2) is 63.5 Å². The summed E-state index contributed by atoms with van der Waals surface area (Å²) in [6, 6.07) is 0. The molecule has 2 heterocycles. The van der Waals surface area contributed by atoms with Crippen LogP contribution in [0.3, 0.4) is 0 Å². The Morgan fingerprint density at radius 2 is 2.47 bits per heavy atom. The van der Waals surface area contributed by atoms with E-state index >= 15 is 0 Å². The van der Waals surface area contributed by atoms with E-state index < -0.39 is 0 Å². The molecule has 0 aromatic carbocycles. The number of hydrogen-bond donors (Lipinski definition) is 1. The SMILES string of the molecule is CN1CCOC(CO[C@H]2CCCNC2)C1. The molecule has 2 atom stereocenters. The summed E-state index contributed by atoms with van der Waals surface area (Å²) in [4.78, 5) is 2.30. The molecule has 0 saturated carbocycles. The predicted molar refractivity (Wildman–Crippen MR) is 59.1 cm³/mol. The molecule has 0 aromatic heterocycles. The van der Waals surface area contributed by atoms with Crippen molar-refractivity contribution in [3.8, 4) is 0 Å². The number of rotatable bonds is 3. The lowest BCUT2D eigenvalue weighted by Gasteiger charge is -2.31. The van der Waals surface area contributed by atoms with Crippen molar-refractivity contribution in [3.05, 3.63) is 0 Å². The van der Waals surface area contributed by atoms with Crippen molar-refractivity contribution in [2.45, 2.75) is 25.0 Å². The lowest BCUT2D eigenvalue weighted by Crippen LogP contribution is -2.44. The van der Waals surface area contributed by atoms with E-state index in [9.17, 15) is 0 Å².